The molecule has 0 fully saturated rings. The predicted molar refractivity (Wildman–Crippen MR) is 103 cm³/mol. The zero-order valence-corrected chi connectivity index (χ0v) is 16.4. The molecule has 0 radical (unpaired) electrons. The summed E-state index contributed by atoms with van der Waals surface area (Å²) >= 11 is 1.42. The Morgan fingerprint density at radius 2 is 1.85 bits per heavy atom. The molecule has 0 saturated carbocycles. The first kappa shape index (κ1) is 19.9. The number of hydrogen-bond acceptors (Lipinski definition) is 6. The number of thioether (sulfide) groups is 1. The quantitative estimate of drug-likeness (QED) is 0.467. The van der Waals surface area contributed by atoms with Crippen molar-refractivity contribution >= 4 is 29.3 Å². The van der Waals surface area contributed by atoms with Gasteiger partial charge < -0.3 is 10.1 Å². The van der Waals surface area contributed by atoms with Crippen molar-refractivity contribution in [3.05, 3.63) is 46.9 Å². The molecular formula is C19H23N3O3S. The highest BCUT2D eigenvalue weighted by Gasteiger charge is 2.19. The molecule has 1 amide bonds. The average Bonchev–Trinajstić information content (AvgIpc) is 2.61. The molecule has 0 aliphatic rings. The van der Waals surface area contributed by atoms with Crippen LogP contribution in [0.25, 0.3) is 0 Å². The van der Waals surface area contributed by atoms with Gasteiger partial charge in [-0.1, -0.05) is 13.8 Å². The molecule has 1 heterocycles. The van der Waals surface area contributed by atoms with Crippen LogP contribution in [0.15, 0.2) is 29.3 Å². The van der Waals surface area contributed by atoms with E-state index in [4.69, 9.17) is 4.74 Å². The Balaban J connectivity index is 2.23. The molecule has 0 aliphatic carbocycles. The van der Waals surface area contributed by atoms with Crippen LogP contribution in [0.2, 0.25) is 0 Å². The number of ether oxygens (including phenoxy) is 1. The number of nitrogens with one attached hydrogen (secondary N) is 1. The van der Waals surface area contributed by atoms with Gasteiger partial charge in [-0.2, -0.15) is 0 Å². The summed E-state index contributed by atoms with van der Waals surface area (Å²) in [6, 6.07) is 6.58. The molecule has 2 aromatic rings. The highest BCUT2D eigenvalue weighted by atomic mass is 32.2. The third-order valence-corrected chi connectivity index (χ3v) is 4.35. The SMILES string of the molecule is CCOC(=O)c1ccc(NC(=O)c2c(C)nc(C(C)C)nc2SC)cc1. The standard InChI is InChI=1S/C19H23N3O3S/c1-6-25-19(24)13-7-9-14(10-8-13)21-17(23)15-12(4)20-16(11(2)3)22-18(15)26-5/h7-11H,6H2,1-5H3,(H,21,23). The zero-order valence-electron chi connectivity index (χ0n) is 15.6. The van der Waals surface area contributed by atoms with Crippen molar-refractivity contribution in [1.29, 1.82) is 0 Å². The van der Waals surface area contributed by atoms with E-state index in [1.165, 1.54) is 11.8 Å². The van der Waals surface area contributed by atoms with Crippen molar-refractivity contribution in [1.82, 2.24) is 9.97 Å². The second-order valence-electron chi connectivity index (χ2n) is 5.96. The number of esters is 1. The van der Waals surface area contributed by atoms with E-state index < -0.39 is 0 Å². The summed E-state index contributed by atoms with van der Waals surface area (Å²) in [5.41, 5.74) is 2.14. The minimum Gasteiger partial charge on any atom is -0.462 e. The number of nitrogens with zero attached hydrogens (tertiary/aromatic N) is 2. The Labute approximate surface area is 157 Å². The fraction of sp³-hybridized carbons (Fsp3) is 0.368. The van der Waals surface area contributed by atoms with Gasteiger partial charge in [0.1, 0.15) is 10.9 Å². The Bertz CT molecular complexity index is 804. The smallest absolute Gasteiger partial charge is 0.338 e. The Kier molecular flexibility index (Phi) is 6.74. The summed E-state index contributed by atoms with van der Waals surface area (Å²) in [4.78, 5) is 33.4. The topological polar surface area (TPSA) is 81.2 Å². The predicted octanol–water partition coefficient (Wildman–Crippen LogP) is 4.06. The maximum Gasteiger partial charge on any atom is 0.338 e. The van der Waals surface area contributed by atoms with Crippen LogP contribution in [0.4, 0.5) is 5.69 Å². The lowest BCUT2D eigenvalue weighted by molar-refractivity contribution is 0.0526. The van der Waals surface area contributed by atoms with Gasteiger partial charge in [0, 0.05) is 11.6 Å². The number of anilines is 1. The molecule has 2 rings (SSSR count). The van der Waals surface area contributed by atoms with Gasteiger partial charge in [-0.15, -0.1) is 11.8 Å². The first-order valence-corrected chi connectivity index (χ1v) is 9.60. The summed E-state index contributed by atoms with van der Waals surface area (Å²) in [6.45, 7) is 7.92. The minimum atomic E-state index is -0.386. The minimum absolute atomic E-state index is 0.187. The van der Waals surface area contributed by atoms with Crippen LogP contribution in [-0.4, -0.2) is 34.7 Å². The third kappa shape index (κ3) is 4.60. The largest absolute Gasteiger partial charge is 0.462 e. The van der Waals surface area contributed by atoms with E-state index in [1.807, 2.05) is 27.0 Å². The van der Waals surface area contributed by atoms with Crippen LogP contribution in [0.3, 0.4) is 0 Å². The first-order chi connectivity index (χ1) is 12.4. The maximum absolute atomic E-state index is 12.7. The second-order valence-corrected chi connectivity index (χ2v) is 6.75. The normalized spacial score (nSPS) is 10.7. The molecule has 0 aliphatic heterocycles. The van der Waals surface area contributed by atoms with E-state index in [-0.39, 0.29) is 17.8 Å². The van der Waals surface area contributed by atoms with Gasteiger partial charge in [0.25, 0.3) is 5.91 Å². The number of hydrogen-bond donors (Lipinski definition) is 1. The van der Waals surface area contributed by atoms with Crippen LogP contribution < -0.4 is 5.32 Å². The highest BCUT2D eigenvalue weighted by Crippen LogP contribution is 2.24. The molecule has 0 atom stereocenters. The van der Waals surface area contributed by atoms with Crippen LogP contribution in [0, 0.1) is 6.92 Å². The Hall–Kier alpha value is -2.41. The highest BCUT2D eigenvalue weighted by molar-refractivity contribution is 7.98. The van der Waals surface area contributed by atoms with Gasteiger partial charge in [0.05, 0.1) is 23.4 Å². The lowest BCUT2D eigenvalue weighted by Crippen LogP contribution is -2.18. The summed E-state index contributed by atoms with van der Waals surface area (Å²) in [7, 11) is 0. The number of carbonyl (C=O) groups is 2. The molecule has 1 N–H and O–H groups in total. The van der Waals surface area contributed by atoms with Gasteiger partial charge in [-0.05, 0) is 44.4 Å². The molecule has 1 aromatic carbocycles. The van der Waals surface area contributed by atoms with Crippen molar-refractivity contribution < 1.29 is 14.3 Å². The second kappa shape index (κ2) is 8.80. The molecule has 0 unspecified atom stereocenters. The number of amides is 1. The van der Waals surface area contributed by atoms with Crippen molar-refractivity contribution in [2.75, 3.05) is 18.2 Å². The number of rotatable bonds is 6. The number of benzene rings is 1. The molecule has 7 heteroatoms. The molecule has 0 spiro atoms. The van der Waals surface area contributed by atoms with E-state index in [1.54, 1.807) is 31.2 Å². The van der Waals surface area contributed by atoms with Crippen molar-refractivity contribution in [2.24, 2.45) is 0 Å². The molecule has 26 heavy (non-hydrogen) atoms. The van der Waals surface area contributed by atoms with Gasteiger partial charge in [0.2, 0.25) is 0 Å². The average molecular weight is 373 g/mol. The lowest BCUT2D eigenvalue weighted by atomic mass is 10.1. The molecular weight excluding hydrogens is 350 g/mol. The van der Waals surface area contributed by atoms with Crippen LogP contribution in [-0.2, 0) is 4.74 Å². The fourth-order valence-corrected chi connectivity index (χ4v) is 2.96. The molecule has 0 bridgehead atoms. The van der Waals surface area contributed by atoms with Crippen molar-refractivity contribution in [3.8, 4) is 0 Å². The summed E-state index contributed by atoms with van der Waals surface area (Å²) < 4.78 is 4.95. The van der Waals surface area contributed by atoms with Gasteiger partial charge in [-0.3, -0.25) is 4.79 Å². The summed E-state index contributed by atoms with van der Waals surface area (Å²) in [5, 5.41) is 3.49. The molecule has 138 valence electrons. The lowest BCUT2D eigenvalue weighted by Gasteiger charge is -2.13. The fourth-order valence-electron chi connectivity index (χ4n) is 2.33. The Morgan fingerprint density at radius 1 is 1.19 bits per heavy atom. The van der Waals surface area contributed by atoms with Gasteiger partial charge in [0.15, 0.2) is 0 Å². The van der Waals surface area contributed by atoms with Crippen LogP contribution in [0.5, 0.6) is 0 Å². The monoisotopic (exact) mass is 373 g/mol. The van der Waals surface area contributed by atoms with E-state index in [0.717, 1.165) is 5.82 Å². The Morgan fingerprint density at radius 3 is 2.38 bits per heavy atom. The van der Waals surface area contributed by atoms with E-state index in [9.17, 15) is 9.59 Å². The maximum atomic E-state index is 12.7. The summed E-state index contributed by atoms with van der Waals surface area (Å²) in [6.07, 6.45) is 1.89. The molecule has 1 aromatic heterocycles. The van der Waals surface area contributed by atoms with Gasteiger partial charge in [-0.25, -0.2) is 14.8 Å². The van der Waals surface area contributed by atoms with E-state index in [2.05, 4.69) is 15.3 Å². The van der Waals surface area contributed by atoms with E-state index >= 15 is 0 Å². The number of aromatic nitrogens is 2. The summed E-state index contributed by atoms with van der Waals surface area (Å²) in [5.74, 6) is 0.254. The molecule has 6 nitrogen and oxygen atoms in total. The molecule has 0 saturated heterocycles. The van der Waals surface area contributed by atoms with Gasteiger partial charge >= 0.3 is 5.97 Å². The van der Waals surface area contributed by atoms with Crippen LogP contribution in [0.1, 0.15) is 58.9 Å². The van der Waals surface area contributed by atoms with Crippen molar-refractivity contribution in [3.63, 3.8) is 0 Å². The van der Waals surface area contributed by atoms with Crippen molar-refractivity contribution in [2.45, 2.75) is 38.6 Å². The van der Waals surface area contributed by atoms with Crippen LogP contribution >= 0.6 is 11.8 Å². The first-order valence-electron chi connectivity index (χ1n) is 8.38. The van der Waals surface area contributed by atoms with E-state index in [0.29, 0.717) is 34.1 Å². The number of aryl methyl sites for hydroxylation is 1. The third-order valence-electron chi connectivity index (χ3n) is 3.66. The number of carbonyl (C=O) groups excluding carboxylic acids is 2. The zero-order chi connectivity index (χ0) is 19.3.